The van der Waals surface area contributed by atoms with Crippen molar-refractivity contribution in [3.8, 4) is 0 Å². The number of aliphatic carboxylic acids is 1. The second-order valence-electron chi connectivity index (χ2n) is 4.67. The van der Waals surface area contributed by atoms with E-state index in [2.05, 4.69) is 4.99 Å². The van der Waals surface area contributed by atoms with Gasteiger partial charge < -0.3 is 5.11 Å². The Morgan fingerprint density at radius 1 is 1.38 bits per heavy atom. The number of nitrogens with zero attached hydrogens (tertiary/aromatic N) is 1. The van der Waals surface area contributed by atoms with Crippen LogP contribution in [-0.2, 0) is 10.3 Å². The average molecular weight is 217 g/mol. The summed E-state index contributed by atoms with van der Waals surface area (Å²) in [7, 11) is 0. The van der Waals surface area contributed by atoms with Crippen LogP contribution in [0.15, 0.2) is 29.3 Å². The number of carbonyl (C=O) groups is 1. The Hall–Kier alpha value is -1.64. The Kier molecular flexibility index (Phi) is 2.34. The molecule has 1 heterocycles. The normalized spacial score (nSPS) is 22.2. The van der Waals surface area contributed by atoms with E-state index in [-0.39, 0.29) is 11.6 Å². The van der Waals surface area contributed by atoms with Gasteiger partial charge in [-0.05, 0) is 25.0 Å². The van der Waals surface area contributed by atoms with E-state index in [1.54, 1.807) is 0 Å². The number of fused-ring (bicyclic) bond motifs is 1. The lowest BCUT2D eigenvalue weighted by atomic mass is 9.80. The van der Waals surface area contributed by atoms with Crippen LogP contribution in [0.2, 0.25) is 0 Å². The molecule has 1 aromatic carbocycles. The molecule has 84 valence electrons. The summed E-state index contributed by atoms with van der Waals surface area (Å²) < 4.78 is 0. The summed E-state index contributed by atoms with van der Waals surface area (Å²) in [5, 5.41) is 9.14. The molecule has 1 atom stereocenters. The molecule has 2 rings (SSSR count). The van der Waals surface area contributed by atoms with Crippen LogP contribution >= 0.6 is 0 Å². The second kappa shape index (κ2) is 3.44. The quantitative estimate of drug-likeness (QED) is 0.786. The largest absolute Gasteiger partial charge is 0.477 e. The minimum atomic E-state index is -0.921. The van der Waals surface area contributed by atoms with Gasteiger partial charge in [0.15, 0.2) is 0 Å². The van der Waals surface area contributed by atoms with Crippen LogP contribution in [0.1, 0.15) is 37.8 Å². The highest BCUT2D eigenvalue weighted by Crippen LogP contribution is 2.37. The zero-order valence-corrected chi connectivity index (χ0v) is 9.69. The first kappa shape index (κ1) is 10.9. The van der Waals surface area contributed by atoms with Crippen molar-refractivity contribution in [1.29, 1.82) is 0 Å². The van der Waals surface area contributed by atoms with Gasteiger partial charge in [0.2, 0.25) is 0 Å². The first-order chi connectivity index (χ1) is 7.43. The summed E-state index contributed by atoms with van der Waals surface area (Å²) in [5.74, 6) is -1.06. The molecule has 16 heavy (non-hydrogen) atoms. The topological polar surface area (TPSA) is 49.7 Å². The van der Waals surface area contributed by atoms with Gasteiger partial charge in [0.05, 0.1) is 5.54 Å². The van der Waals surface area contributed by atoms with Crippen LogP contribution in [0, 0.1) is 0 Å². The molecule has 3 nitrogen and oxygen atoms in total. The van der Waals surface area contributed by atoms with Crippen LogP contribution in [0.25, 0.3) is 0 Å². The van der Waals surface area contributed by atoms with Crippen molar-refractivity contribution in [3.63, 3.8) is 0 Å². The van der Waals surface area contributed by atoms with E-state index in [4.69, 9.17) is 5.11 Å². The Balaban J connectivity index is 2.63. The van der Waals surface area contributed by atoms with Crippen LogP contribution in [0.5, 0.6) is 0 Å². The van der Waals surface area contributed by atoms with Crippen molar-refractivity contribution in [2.45, 2.75) is 32.2 Å². The van der Waals surface area contributed by atoms with Gasteiger partial charge in [-0.15, -0.1) is 0 Å². The maximum atomic E-state index is 11.1. The summed E-state index contributed by atoms with van der Waals surface area (Å²) in [6.45, 7) is 5.78. The summed E-state index contributed by atoms with van der Waals surface area (Å²) in [4.78, 5) is 15.5. The average Bonchev–Trinajstić information content (AvgIpc) is 2.23. The summed E-state index contributed by atoms with van der Waals surface area (Å²) in [5.41, 5.74) is 1.99. The molecule has 1 aliphatic heterocycles. The first-order valence-corrected chi connectivity index (χ1v) is 5.36. The number of benzene rings is 1. The molecule has 1 aliphatic rings. The van der Waals surface area contributed by atoms with Gasteiger partial charge in [0.1, 0.15) is 5.71 Å². The number of hydrogen-bond acceptors (Lipinski definition) is 2. The van der Waals surface area contributed by atoms with E-state index in [1.807, 2.05) is 45.0 Å². The number of hydrogen-bond donors (Lipinski definition) is 1. The monoisotopic (exact) mass is 217 g/mol. The molecule has 3 heteroatoms. The van der Waals surface area contributed by atoms with E-state index in [0.29, 0.717) is 0 Å². The molecular weight excluding hydrogens is 202 g/mol. The highest BCUT2D eigenvalue weighted by Gasteiger charge is 2.34. The maximum absolute atomic E-state index is 11.1. The van der Waals surface area contributed by atoms with Gasteiger partial charge in [-0.3, -0.25) is 4.99 Å². The number of aliphatic imine (C=N–C) groups is 1. The van der Waals surface area contributed by atoms with Crippen LogP contribution in [0.4, 0.5) is 0 Å². The second-order valence-corrected chi connectivity index (χ2v) is 4.67. The van der Waals surface area contributed by atoms with Gasteiger partial charge in [0.25, 0.3) is 0 Å². The van der Waals surface area contributed by atoms with Crippen molar-refractivity contribution in [3.05, 3.63) is 35.4 Å². The Bertz CT molecular complexity index is 475. The van der Waals surface area contributed by atoms with Gasteiger partial charge in [-0.1, -0.05) is 31.2 Å². The van der Waals surface area contributed by atoms with Crippen molar-refractivity contribution >= 4 is 11.7 Å². The molecule has 0 radical (unpaired) electrons. The molecule has 0 aliphatic carbocycles. The SMILES string of the molecule is CC1C(C(=O)O)=NC(C)(C)c2ccccc21. The van der Waals surface area contributed by atoms with Crippen molar-refractivity contribution in [2.75, 3.05) is 0 Å². The molecule has 1 N–H and O–H groups in total. The van der Waals surface area contributed by atoms with Crippen molar-refractivity contribution < 1.29 is 9.90 Å². The zero-order valence-electron chi connectivity index (χ0n) is 9.69. The number of carboxylic acid groups (broad SMARTS) is 1. The molecule has 1 unspecified atom stereocenters. The molecule has 0 aromatic heterocycles. The molecule has 1 aromatic rings. The lowest BCUT2D eigenvalue weighted by molar-refractivity contribution is -0.129. The predicted molar refractivity (Wildman–Crippen MR) is 63.0 cm³/mol. The van der Waals surface area contributed by atoms with Gasteiger partial charge >= 0.3 is 5.97 Å². The third kappa shape index (κ3) is 1.52. The standard InChI is InChI=1S/C13H15NO2/c1-8-9-6-4-5-7-10(9)13(2,3)14-11(8)12(15)16/h4-8H,1-3H3,(H,15,16). The first-order valence-electron chi connectivity index (χ1n) is 5.36. The smallest absolute Gasteiger partial charge is 0.350 e. The minimum Gasteiger partial charge on any atom is -0.477 e. The molecule has 0 saturated carbocycles. The number of carboxylic acids is 1. The summed E-state index contributed by atoms with van der Waals surface area (Å²) in [6, 6.07) is 7.91. The predicted octanol–water partition coefficient (Wildman–Crippen LogP) is 2.56. The number of rotatable bonds is 1. The van der Waals surface area contributed by atoms with E-state index in [9.17, 15) is 4.79 Å². The highest BCUT2D eigenvalue weighted by molar-refractivity contribution is 6.38. The van der Waals surface area contributed by atoms with E-state index >= 15 is 0 Å². The Labute approximate surface area is 94.8 Å². The van der Waals surface area contributed by atoms with Crippen LogP contribution < -0.4 is 0 Å². The third-order valence-electron chi connectivity index (χ3n) is 3.12. The Morgan fingerprint density at radius 2 is 2.00 bits per heavy atom. The van der Waals surface area contributed by atoms with E-state index in [0.717, 1.165) is 11.1 Å². The van der Waals surface area contributed by atoms with Crippen molar-refractivity contribution in [2.24, 2.45) is 4.99 Å². The molecular formula is C13H15NO2. The third-order valence-corrected chi connectivity index (χ3v) is 3.12. The molecule has 0 amide bonds. The lowest BCUT2D eigenvalue weighted by Crippen LogP contribution is -2.32. The Morgan fingerprint density at radius 3 is 2.62 bits per heavy atom. The zero-order chi connectivity index (χ0) is 11.9. The van der Waals surface area contributed by atoms with Gasteiger partial charge in [-0.2, -0.15) is 0 Å². The molecule has 0 saturated heterocycles. The van der Waals surface area contributed by atoms with Crippen LogP contribution in [0.3, 0.4) is 0 Å². The maximum Gasteiger partial charge on any atom is 0.350 e. The fourth-order valence-electron chi connectivity index (χ4n) is 2.27. The van der Waals surface area contributed by atoms with E-state index in [1.165, 1.54) is 0 Å². The molecule has 0 spiro atoms. The van der Waals surface area contributed by atoms with E-state index < -0.39 is 11.5 Å². The fourth-order valence-corrected chi connectivity index (χ4v) is 2.27. The van der Waals surface area contributed by atoms with Crippen LogP contribution in [-0.4, -0.2) is 16.8 Å². The lowest BCUT2D eigenvalue weighted by Gasteiger charge is -2.32. The van der Waals surface area contributed by atoms with Crippen molar-refractivity contribution in [1.82, 2.24) is 0 Å². The summed E-state index contributed by atoms with van der Waals surface area (Å²) in [6.07, 6.45) is 0. The molecule has 0 bridgehead atoms. The minimum absolute atomic E-state index is 0.137. The highest BCUT2D eigenvalue weighted by atomic mass is 16.4. The fraction of sp³-hybridized carbons (Fsp3) is 0.385. The van der Waals surface area contributed by atoms with Gasteiger partial charge in [0, 0.05) is 5.92 Å². The molecule has 0 fully saturated rings. The van der Waals surface area contributed by atoms with Gasteiger partial charge in [-0.25, -0.2) is 4.79 Å². The summed E-state index contributed by atoms with van der Waals surface area (Å²) >= 11 is 0.